The van der Waals surface area contributed by atoms with Crippen molar-refractivity contribution in [2.75, 3.05) is 0 Å². The van der Waals surface area contributed by atoms with E-state index < -0.39 is 37.7 Å². The summed E-state index contributed by atoms with van der Waals surface area (Å²) in [6, 6.07) is 1.93. The lowest BCUT2D eigenvalue weighted by molar-refractivity contribution is 0.0906. The molecule has 20 heavy (non-hydrogen) atoms. The van der Waals surface area contributed by atoms with Gasteiger partial charge in [-0.05, 0) is 32.4 Å². The Morgan fingerprint density at radius 2 is 2.00 bits per heavy atom. The lowest BCUT2D eigenvalue weighted by Gasteiger charge is -2.24. The average molecular weight is 323 g/mol. The molecule has 1 aromatic carbocycles. The van der Waals surface area contributed by atoms with Crippen LogP contribution in [0.25, 0.3) is 0 Å². The number of nitrogens with two attached hydrogens (primary N) is 1. The highest BCUT2D eigenvalue weighted by Crippen LogP contribution is 2.23. The molecule has 8 heteroatoms. The summed E-state index contributed by atoms with van der Waals surface area (Å²) in [6.07, 6.45) is 0.614. The molecule has 0 saturated heterocycles. The Hall–Kier alpha value is -1.18. The first-order valence-corrected chi connectivity index (χ1v) is 7.74. The van der Waals surface area contributed by atoms with Crippen LogP contribution in [-0.4, -0.2) is 19.9 Å². The smallest absolute Gasteiger partial charge is 0.254 e. The Morgan fingerprint density at radius 3 is 2.45 bits per heavy atom. The van der Waals surface area contributed by atoms with Crippen molar-refractivity contribution in [3.05, 3.63) is 28.5 Å². The van der Waals surface area contributed by atoms with Gasteiger partial charge in [-0.3, -0.25) is 4.79 Å². The molecular weight excluding hydrogens is 307 g/mol. The molecule has 5 nitrogen and oxygen atoms in total. The molecule has 0 atom stereocenters. The van der Waals surface area contributed by atoms with Gasteiger partial charge in [-0.2, -0.15) is 0 Å². The standard InChI is InChI=1S/C12H16ClFN2O3S/c1-4-12(2,3)16-11(17)8-5-7(13)6-9(10(8)14)20(15,18)19/h5-6H,4H2,1-3H3,(H,16,17)(H2,15,18,19). The van der Waals surface area contributed by atoms with Crippen molar-refractivity contribution < 1.29 is 17.6 Å². The van der Waals surface area contributed by atoms with Gasteiger partial charge in [0.05, 0.1) is 5.56 Å². The third-order valence-corrected chi connectivity index (χ3v) is 4.02. The van der Waals surface area contributed by atoms with Crippen LogP contribution in [0.1, 0.15) is 37.6 Å². The number of rotatable bonds is 4. The van der Waals surface area contributed by atoms with Crippen LogP contribution < -0.4 is 10.5 Å². The summed E-state index contributed by atoms with van der Waals surface area (Å²) in [6.45, 7) is 5.37. The summed E-state index contributed by atoms with van der Waals surface area (Å²) in [4.78, 5) is 11.2. The van der Waals surface area contributed by atoms with Crippen LogP contribution in [0, 0.1) is 5.82 Å². The highest BCUT2D eigenvalue weighted by atomic mass is 35.5. The van der Waals surface area contributed by atoms with Crippen molar-refractivity contribution in [3.63, 3.8) is 0 Å². The normalized spacial score (nSPS) is 12.3. The monoisotopic (exact) mass is 322 g/mol. The van der Waals surface area contributed by atoms with Crippen molar-refractivity contribution in [1.29, 1.82) is 0 Å². The number of sulfonamides is 1. The number of primary sulfonamides is 1. The van der Waals surface area contributed by atoms with Gasteiger partial charge in [0.1, 0.15) is 4.90 Å². The lowest BCUT2D eigenvalue weighted by atomic mass is 10.0. The predicted octanol–water partition coefficient (Wildman–Crippen LogP) is 2.04. The quantitative estimate of drug-likeness (QED) is 0.889. The highest BCUT2D eigenvalue weighted by Gasteiger charge is 2.25. The summed E-state index contributed by atoms with van der Waals surface area (Å²) in [5, 5.41) is 7.40. The van der Waals surface area contributed by atoms with E-state index in [1.165, 1.54) is 0 Å². The molecular formula is C12H16ClFN2O3S. The van der Waals surface area contributed by atoms with E-state index in [-0.39, 0.29) is 5.02 Å². The second-order valence-corrected chi connectivity index (χ2v) is 6.97. The maximum absolute atomic E-state index is 14.1. The molecule has 0 saturated carbocycles. The largest absolute Gasteiger partial charge is 0.347 e. The fourth-order valence-electron chi connectivity index (χ4n) is 1.40. The van der Waals surface area contributed by atoms with Crippen LogP contribution in [0.4, 0.5) is 4.39 Å². The van der Waals surface area contributed by atoms with Gasteiger partial charge < -0.3 is 5.32 Å². The van der Waals surface area contributed by atoms with Crippen LogP contribution in [0.2, 0.25) is 5.02 Å². The molecule has 3 N–H and O–H groups in total. The molecule has 0 radical (unpaired) electrons. The fraction of sp³-hybridized carbons (Fsp3) is 0.417. The van der Waals surface area contributed by atoms with Gasteiger partial charge in [0.2, 0.25) is 10.0 Å². The van der Waals surface area contributed by atoms with Gasteiger partial charge in [0.15, 0.2) is 5.82 Å². The van der Waals surface area contributed by atoms with E-state index in [4.69, 9.17) is 16.7 Å². The number of hydrogen-bond donors (Lipinski definition) is 2. The van der Waals surface area contributed by atoms with E-state index in [1.54, 1.807) is 13.8 Å². The number of carbonyl (C=O) groups is 1. The van der Waals surface area contributed by atoms with E-state index >= 15 is 0 Å². The van der Waals surface area contributed by atoms with E-state index in [9.17, 15) is 17.6 Å². The first-order valence-electron chi connectivity index (χ1n) is 5.82. The van der Waals surface area contributed by atoms with Gasteiger partial charge in [0.25, 0.3) is 5.91 Å². The fourth-order valence-corrected chi connectivity index (χ4v) is 2.33. The third-order valence-electron chi connectivity index (χ3n) is 2.89. The summed E-state index contributed by atoms with van der Waals surface area (Å²) >= 11 is 5.71. The van der Waals surface area contributed by atoms with E-state index in [0.717, 1.165) is 12.1 Å². The minimum Gasteiger partial charge on any atom is -0.347 e. The topological polar surface area (TPSA) is 89.3 Å². The second-order valence-electron chi connectivity index (χ2n) is 5.00. The van der Waals surface area contributed by atoms with Crippen LogP contribution >= 0.6 is 11.6 Å². The van der Waals surface area contributed by atoms with Crippen molar-refractivity contribution in [2.45, 2.75) is 37.6 Å². The number of benzene rings is 1. The molecule has 112 valence electrons. The van der Waals surface area contributed by atoms with Gasteiger partial charge >= 0.3 is 0 Å². The molecule has 0 spiro atoms. The number of nitrogens with one attached hydrogen (secondary N) is 1. The van der Waals surface area contributed by atoms with Gasteiger partial charge in [-0.15, -0.1) is 0 Å². The minimum atomic E-state index is -4.30. The molecule has 0 aliphatic carbocycles. The predicted molar refractivity (Wildman–Crippen MR) is 74.6 cm³/mol. The molecule has 1 amide bonds. The van der Waals surface area contributed by atoms with E-state index in [0.29, 0.717) is 6.42 Å². The Balaban J connectivity index is 3.33. The molecule has 0 bridgehead atoms. The summed E-state index contributed by atoms with van der Waals surface area (Å²) in [5.74, 6) is -1.96. The van der Waals surface area contributed by atoms with Crippen LogP contribution in [0.3, 0.4) is 0 Å². The molecule has 0 aromatic heterocycles. The molecule has 0 aliphatic rings. The minimum absolute atomic E-state index is 0.0881. The molecule has 1 rings (SSSR count). The number of halogens is 2. The van der Waals surface area contributed by atoms with Gasteiger partial charge in [0, 0.05) is 10.6 Å². The Morgan fingerprint density at radius 1 is 1.45 bits per heavy atom. The maximum atomic E-state index is 14.1. The molecule has 0 unspecified atom stereocenters. The Kier molecular flexibility index (Phi) is 4.78. The van der Waals surface area contributed by atoms with Crippen molar-refractivity contribution in [3.8, 4) is 0 Å². The van der Waals surface area contributed by atoms with Crippen LogP contribution in [0.5, 0.6) is 0 Å². The van der Waals surface area contributed by atoms with E-state index in [2.05, 4.69) is 5.32 Å². The number of hydrogen-bond acceptors (Lipinski definition) is 3. The zero-order chi connectivity index (χ0) is 15.7. The summed E-state index contributed by atoms with van der Waals surface area (Å²) in [7, 11) is -4.30. The van der Waals surface area contributed by atoms with Crippen molar-refractivity contribution >= 4 is 27.5 Å². The third kappa shape index (κ3) is 3.91. The zero-order valence-electron chi connectivity index (χ0n) is 11.3. The molecule has 0 fully saturated rings. The average Bonchev–Trinajstić information content (AvgIpc) is 2.29. The zero-order valence-corrected chi connectivity index (χ0v) is 12.9. The van der Waals surface area contributed by atoms with E-state index in [1.807, 2.05) is 6.92 Å². The first kappa shape index (κ1) is 16.9. The molecule has 1 aromatic rings. The SMILES string of the molecule is CCC(C)(C)NC(=O)c1cc(Cl)cc(S(N)(=O)=O)c1F. The van der Waals surface area contributed by atoms with Crippen molar-refractivity contribution in [1.82, 2.24) is 5.32 Å². The summed E-state index contributed by atoms with van der Waals surface area (Å²) in [5.41, 5.74) is -1.02. The van der Waals surface area contributed by atoms with Crippen molar-refractivity contribution in [2.24, 2.45) is 5.14 Å². The first-order chi connectivity index (χ1) is 8.98. The number of amides is 1. The van der Waals surface area contributed by atoms with Gasteiger partial charge in [-0.25, -0.2) is 17.9 Å². The summed E-state index contributed by atoms with van der Waals surface area (Å²) < 4.78 is 36.6. The number of carbonyl (C=O) groups excluding carboxylic acids is 1. The van der Waals surface area contributed by atoms with Gasteiger partial charge in [-0.1, -0.05) is 18.5 Å². The molecule has 0 heterocycles. The lowest BCUT2D eigenvalue weighted by Crippen LogP contribution is -2.43. The van der Waals surface area contributed by atoms with Crippen LogP contribution in [0.15, 0.2) is 17.0 Å². The Bertz CT molecular complexity index is 644. The Labute approximate surface area is 122 Å². The maximum Gasteiger partial charge on any atom is 0.254 e. The second kappa shape index (κ2) is 5.67. The highest BCUT2D eigenvalue weighted by molar-refractivity contribution is 7.89. The molecule has 0 aliphatic heterocycles. The van der Waals surface area contributed by atoms with Crippen LogP contribution in [-0.2, 0) is 10.0 Å².